The summed E-state index contributed by atoms with van der Waals surface area (Å²) in [5.74, 6) is 0.0781. The first kappa shape index (κ1) is 9.38. The maximum Gasteiger partial charge on any atom is 0.237 e. The number of anilines is 1. The van der Waals surface area contributed by atoms with Gasteiger partial charge in [0, 0.05) is 12.7 Å². The van der Waals surface area contributed by atoms with Crippen LogP contribution in [0.2, 0.25) is 0 Å². The molecule has 1 aromatic carbocycles. The summed E-state index contributed by atoms with van der Waals surface area (Å²) in [5.41, 5.74) is 7.45. The number of guanidine groups is 1. The van der Waals surface area contributed by atoms with Crippen molar-refractivity contribution in [1.82, 2.24) is 0 Å². The Morgan fingerprint density at radius 2 is 2.08 bits per heavy atom. The van der Waals surface area contributed by atoms with Crippen LogP contribution in [0.3, 0.4) is 0 Å². The number of oxime groups is 1. The first-order valence-electron chi connectivity index (χ1n) is 3.93. The second kappa shape index (κ2) is 3.80. The van der Waals surface area contributed by atoms with Crippen molar-refractivity contribution >= 4 is 11.6 Å². The fourth-order valence-corrected chi connectivity index (χ4v) is 1.13. The molecule has 0 radical (unpaired) electrons. The number of aryl methyl sites for hydroxylation is 1. The van der Waals surface area contributed by atoms with Gasteiger partial charge in [-0.2, -0.15) is 0 Å². The van der Waals surface area contributed by atoms with Crippen LogP contribution in [0.1, 0.15) is 5.56 Å². The van der Waals surface area contributed by atoms with Crippen molar-refractivity contribution < 1.29 is 5.21 Å². The molecule has 0 aliphatic heterocycles. The van der Waals surface area contributed by atoms with E-state index in [2.05, 4.69) is 5.16 Å². The molecule has 13 heavy (non-hydrogen) atoms. The van der Waals surface area contributed by atoms with E-state index in [-0.39, 0.29) is 5.96 Å². The number of nitrogens with zero attached hydrogens (tertiary/aromatic N) is 2. The van der Waals surface area contributed by atoms with Gasteiger partial charge in [-0.15, -0.1) is 0 Å². The smallest absolute Gasteiger partial charge is 0.237 e. The lowest BCUT2D eigenvalue weighted by Gasteiger charge is -2.18. The summed E-state index contributed by atoms with van der Waals surface area (Å²) >= 11 is 0. The number of benzene rings is 1. The van der Waals surface area contributed by atoms with E-state index in [1.165, 1.54) is 0 Å². The Morgan fingerprint density at radius 3 is 2.62 bits per heavy atom. The minimum absolute atomic E-state index is 0.0781. The van der Waals surface area contributed by atoms with Crippen molar-refractivity contribution in [1.29, 1.82) is 0 Å². The van der Waals surface area contributed by atoms with Crippen LogP contribution < -0.4 is 10.6 Å². The van der Waals surface area contributed by atoms with Gasteiger partial charge in [-0.1, -0.05) is 23.4 Å². The summed E-state index contributed by atoms with van der Waals surface area (Å²) in [5, 5.41) is 11.4. The zero-order valence-corrected chi connectivity index (χ0v) is 7.73. The summed E-state index contributed by atoms with van der Waals surface area (Å²) < 4.78 is 0. The van der Waals surface area contributed by atoms with Gasteiger partial charge >= 0.3 is 0 Å². The standard InChI is InChI=1S/C9H13N3O/c1-7-5-3-4-6-8(7)12(2)9(10)11-13/h3-6,13H,1-2H3,(H2,10,11). The van der Waals surface area contributed by atoms with Gasteiger partial charge in [-0.25, -0.2) is 0 Å². The van der Waals surface area contributed by atoms with Crippen LogP contribution in [-0.4, -0.2) is 18.2 Å². The Bertz CT molecular complexity index is 322. The van der Waals surface area contributed by atoms with Crippen LogP contribution >= 0.6 is 0 Å². The lowest BCUT2D eigenvalue weighted by Crippen LogP contribution is -2.34. The third-order valence-electron chi connectivity index (χ3n) is 1.92. The van der Waals surface area contributed by atoms with Gasteiger partial charge in [0.05, 0.1) is 0 Å². The van der Waals surface area contributed by atoms with Crippen LogP contribution in [0, 0.1) is 6.92 Å². The Hall–Kier alpha value is -1.71. The van der Waals surface area contributed by atoms with Crippen molar-refractivity contribution in [3.8, 4) is 0 Å². The summed E-state index contributed by atoms with van der Waals surface area (Å²) in [6, 6.07) is 7.73. The highest BCUT2D eigenvalue weighted by Gasteiger charge is 2.06. The van der Waals surface area contributed by atoms with Crippen LogP contribution in [0.5, 0.6) is 0 Å². The van der Waals surface area contributed by atoms with Crippen molar-refractivity contribution in [2.75, 3.05) is 11.9 Å². The van der Waals surface area contributed by atoms with Crippen LogP contribution in [0.15, 0.2) is 29.4 Å². The SMILES string of the molecule is Cc1ccccc1N(C)C(N)=NO. The summed E-state index contributed by atoms with van der Waals surface area (Å²) in [4.78, 5) is 1.62. The Labute approximate surface area is 77.3 Å². The average Bonchev–Trinajstić information content (AvgIpc) is 2.16. The predicted octanol–water partition coefficient (Wildman–Crippen LogP) is 1.14. The third kappa shape index (κ3) is 1.90. The van der Waals surface area contributed by atoms with E-state index in [0.29, 0.717) is 0 Å². The van der Waals surface area contributed by atoms with Crippen molar-refractivity contribution in [2.45, 2.75) is 6.92 Å². The van der Waals surface area contributed by atoms with E-state index in [4.69, 9.17) is 10.9 Å². The topological polar surface area (TPSA) is 61.8 Å². The maximum atomic E-state index is 8.48. The fraction of sp³-hybridized carbons (Fsp3) is 0.222. The van der Waals surface area contributed by atoms with E-state index >= 15 is 0 Å². The molecule has 4 heteroatoms. The fourth-order valence-electron chi connectivity index (χ4n) is 1.13. The summed E-state index contributed by atoms with van der Waals surface area (Å²) in [6.07, 6.45) is 0. The van der Waals surface area contributed by atoms with Gasteiger partial charge in [0.1, 0.15) is 0 Å². The second-order valence-electron chi connectivity index (χ2n) is 2.80. The van der Waals surface area contributed by atoms with E-state index < -0.39 is 0 Å². The van der Waals surface area contributed by atoms with Crippen molar-refractivity contribution in [2.24, 2.45) is 10.9 Å². The molecule has 0 fully saturated rings. The molecule has 4 nitrogen and oxygen atoms in total. The molecule has 70 valence electrons. The number of hydrogen-bond donors (Lipinski definition) is 2. The highest BCUT2D eigenvalue weighted by Crippen LogP contribution is 2.16. The third-order valence-corrected chi connectivity index (χ3v) is 1.92. The van der Waals surface area contributed by atoms with E-state index in [1.54, 1.807) is 11.9 Å². The summed E-state index contributed by atoms with van der Waals surface area (Å²) in [7, 11) is 1.75. The van der Waals surface area contributed by atoms with Crippen molar-refractivity contribution in [3.63, 3.8) is 0 Å². The normalized spacial score (nSPS) is 11.4. The molecule has 0 spiro atoms. The zero-order chi connectivity index (χ0) is 9.84. The minimum Gasteiger partial charge on any atom is -0.408 e. The predicted molar refractivity (Wildman–Crippen MR) is 53.0 cm³/mol. The number of nitrogens with two attached hydrogens (primary N) is 1. The maximum absolute atomic E-state index is 8.48. The minimum atomic E-state index is 0.0781. The molecule has 1 aromatic rings. The largest absolute Gasteiger partial charge is 0.408 e. The second-order valence-corrected chi connectivity index (χ2v) is 2.80. The molecule has 0 heterocycles. The lowest BCUT2D eigenvalue weighted by atomic mass is 10.2. The van der Waals surface area contributed by atoms with Crippen LogP contribution in [0.4, 0.5) is 5.69 Å². The average molecular weight is 179 g/mol. The van der Waals surface area contributed by atoms with Crippen molar-refractivity contribution in [3.05, 3.63) is 29.8 Å². The highest BCUT2D eigenvalue weighted by molar-refractivity contribution is 5.94. The van der Waals surface area contributed by atoms with E-state index in [0.717, 1.165) is 11.3 Å². The molecule has 0 aliphatic carbocycles. The molecule has 0 atom stereocenters. The zero-order valence-electron chi connectivity index (χ0n) is 7.73. The summed E-state index contributed by atoms with van der Waals surface area (Å²) in [6.45, 7) is 1.97. The quantitative estimate of drug-likeness (QED) is 0.294. The van der Waals surface area contributed by atoms with E-state index in [1.807, 2.05) is 31.2 Å². The van der Waals surface area contributed by atoms with Gasteiger partial charge < -0.3 is 15.8 Å². The first-order chi connectivity index (χ1) is 6.16. The number of rotatable bonds is 1. The van der Waals surface area contributed by atoms with Gasteiger partial charge in [0.15, 0.2) is 0 Å². The first-order valence-corrected chi connectivity index (χ1v) is 3.93. The van der Waals surface area contributed by atoms with Gasteiger partial charge in [-0.05, 0) is 18.6 Å². The highest BCUT2D eigenvalue weighted by atomic mass is 16.4. The van der Waals surface area contributed by atoms with Gasteiger partial charge in [0.25, 0.3) is 0 Å². The number of para-hydroxylation sites is 1. The van der Waals surface area contributed by atoms with Gasteiger partial charge in [-0.3, -0.25) is 0 Å². The lowest BCUT2D eigenvalue weighted by molar-refractivity contribution is 0.317. The molecule has 3 N–H and O–H groups in total. The molecular weight excluding hydrogens is 166 g/mol. The Kier molecular flexibility index (Phi) is 2.74. The Balaban J connectivity index is 3.02. The molecule has 0 saturated heterocycles. The molecule has 0 aromatic heterocycles. The molecule has 1 rings (SSSR count). The van der Waals surface area contributed by atoms with Crippen LogP contribution in [-0.2, 0) is 0 Å². The monoisotopic (exact) mass is 179 g/mol. The molecule has 0 amide bonds. The molecular formula is C9H13N3O. The molecule has 0 aliphatic rings. The van der Waals surface area contributed by atoms with Gasteiger partial charge in [0.2, 0.25) is 5.96 Å². The molecule has 0 unspecified atom stereocenters. The molecule has 0 saturated carbocycles. The molecule has 0 bridgehead atoms. The number of hydrogen-bond acceptors (Lipinski definition) is 2. The van der Waals surface area contributed by atoms with Crippen LogP contribution in [0.25, 0.3) is 0 Å². The Morgan fingerprint density at radius 1 is 1.46 bits per heavy atom. The van der Waals surface area contributed by atoms with E-state index in [9.17, 15) is 0 Å².